The van der Waals surface area contributed by atoms with Crippen LogP contribution in [0.1, 0.15) is 27.0 Å². The lowest BCUT2D eigenvalue weighted by atomic mass is 9.93. The third kappa shape index (κ3) is 3.37. The van der Waals surface area contributed by atoms with Gasteiger partial charge in [0.15, 0.2) is 0 Å². The van der Waals surface area contributed by atoms with E-state index in [2.05, 4.69) is 11.8 Å². The molecule has 0 aliphatic heterocycles. The fourth-order valence-corrected chi connectivity index (χ4v) is 2.53. The molecule has 0 unspecified atom stereocenters. The van der Waals surface area contributed by atoms with Crippen LogP contribution < -0.4 is 0 Å². The number of hydrogen-bond acceptors (Lipinski definition) is 1. The van der Waals surface area contributed by atoms with Crippen molar-refractivity contribution in [2.45, 2.75) is 6.92 Å². The molecule has 0 bridgehead atoms. The molecule has 0 saturated heterocycles. The number of carboxylic acids is 1. The number of hydrogen-bond donors (Lipinski definition) is 1. The van der Waals surface area contributed by atoms with Gasteiger partial charge in [0.05, 0.1) is 5.56 Å². The smallest absolute Gasteiger partial charge is 0.336 e. The van der Waals surface area contributed by atoms with Crippen LogP contribution in [0, 0.1) is 18.8 Å². The van der Waals surface area contributed by atoms with Crippen molar-refractivity contribution in [3.8, 4) is 23.0 Å². The van der Waals surface area contributed by atoms with E-state index in [1.807, 2.05) is 67.6 Å². The fraction of sp³-hybridized carbons (Fsp3) is 0.0455. The molecule has 116 valence electrons. The van der Waals surface area contributed by atoms with Gasteiger partial charge in [-0.3, -0.25) is 0 Å². The molecule has 2 nitrogen and oxygen atoms in total. The first-order chi connectivity index (χ1) is 11.6. The highest BCUT2D eigenvalue weighted by Gasteiger charge is 2.14. The van der Waals surface area contributed by atoms with Gasteiger partial charge in [-0.15, -0.1) is 0 Å². The summed E-state index contributed by atoms with van der Waals surface area (Å²) in [4.78, 5) is 11.6. The van der Waals surface area contributed by atoms with Crippen LogP contribution in [0.2, 0.25) is 0 Å². The molecule has 0 aliphatic carbocycles. The van der Waals surface area contributed by atoms with Crippen LogP contribution in [-0.2, 0) is 0 Å². The standard InChI is InChI=1S/C22H16O2/c1-16-10-13-19(14-11-16)21-18(8-5-9-20(21)22(23)24)15-12-17-6-3-2-4-7-17/h2-11,13-14H,1H3,(H,23,24). The molecule has 1 N–H and O–H groups in total. The molecule has 3 aromatic rings. The summed E-state index contributed by atoms with van der Waals surface area (Å²) in [5, 5.41) is 9.54. The maximum absolute atomic E-state index is 11.6. The highest BCUT2D eigenvalue weighted by atomic mass is 16.4. The van der Waals surface area contributed by atoms with Gasteiger partial charge in [0, 0.05) is 16.7 Å². The molecule has 0 spiro atoms. The molecule has 2 heteroatoms. The second kappa shape index (κ2) is 6.85. The van der Waals surface area contributed by atoms with Gasteiger partial charge >= 0.3 is 5.97 Å². The zero-order valence-electron chi connectivity index (χ0n) is 13.3. The monoisotopic (exact) mass is 312 g/mol. The summed E-state index contributed by atoms with van der Waals surface area (Å²) in [7, 11) is 0. The second-order valence-corrected chi connectivity index (χ2v) is 5.52. The van der Waals surface area contributed by atoms with E-state index >= 15 is 0 Å². The Morgan fingerprint density at radius 2 is 1.54 bits per heavy atom. The summed E-state index contributed by atoms with van der Waals surface area (Å²) in [6.45, 7) is 2.00. The summed E-state index contributed by atoms with van der Waals surface area (Å²) in [5.41, 5.74) is 4.52. The second-order valence-electron chi connectivity index (χ2n) is 5.52. The zero-order chi connectivity index (χ0) is 16.9. The molecule has 3 rings (SSSR count). The van der Waals surface area contributed by atoms with Crippen molar-refractivity contribution >= 4 is 5.97 Å². The van der Waals surface area contributed by atoms with E-state index in [4.69, 9.17) is 0 Å². The van der Waals surface area contributed by atoms with Crippen LogP contribution >= 0.6 is 0 Å². The SMILES string of the molecule is Cc1ccc(-c2c(C#Cc3ccccc3)cccc2C(=O)O)cc1. The quantitative estimate of drug-likeness (QED) is 0.693. The van der Waals surface area contributed by atoms with Gasteiger partial charge in [-0.05, 0) is 36.8 Å². The van der Waals surface area contributed by atoms with Gasteiger partial charge in [0.1, 0.15) is 0 Å². The Hall–Kier alpha value is -3.31. The molecular weight excluding hydrogens is 296 g/mol. The lowest BCUT2D eigenvalue weighted by Crippen LogP contribution is -2.01. The first-order valence-corrected chi connectivity index (χ1v) is 7.65. The molecule has 0 atom stereocenters. The van der Waals surface area contributed by atoms with Crippen molar-refractivity contribution in [1.29, 1.82) is 0 Å². The van der Waals surface area contributed by atoms with Crippen LogP contribution in [0.25, 0.3) is 11.1 Å². The Balaban J connectivity index is 2.16. The van der Waals surface area contributed by atoms with E-state index in [1.54, 1.807) is 12.1 Å². The van der Waals surface area contributed by atoms with Crippen molar-refractivity contribution in [3.63, 3.8) is 0 Å². The van der Waals surface area contributed by atoms with Crippen molar-refractivity contribution in [2.75, 3.05) is 0 Å². The maximum Gasteiger partial charge on any atom is 0.336 e. The third-order valence-corrected chi connectivity index (χ3v) is 3.75. The largest absolute Gasteiger partial charge is 0.478 e. The van der Waals surface area contributed by atoms with Crippen molar-refractivity contribution in [1.82, 2.24) is 0 Å². The molecular formula is C22H16O2. The normalized spacial score (nSPS) is 9.88. The minimum absolute atomic E-state index is 0.263. The van der Waals surface area contributed by atoms with Crippen LogP contribution in [0.15, 0.2) is 72.8 Å². The predicted molar refractivity (Wildman–Crippen MR) is 96.0 cm³/mol. The summed E-state index contributed by atoms with van der Waals surface area (Å²) >= 11 is 0. The zero-order valence-corrected chi connectivity index (χ0v) is 13.3. The van der Waals surface area contributed by atoms with Crippen molar-refractivity contribution in [2.24, 2.45) is 0 Å². The topological polar surface area (TPSA) is 37.3 Å². The maximum atomic E-state index is 11.6. The Morgan fingerprint density at radius 3 is 2.21 bits per heavy atom. The Kier molecular flexibility index (Phi) is 4.45. The van der Waals surface area contributed by atoms with Gasteiger partial charge in [0.2, 0.25) is 0 Å². The molecule has 24 heavy (non-hydrogen) atoms. The Labute approximate surface area is 141 Å². The first-order valence-electron chi connectivity index (χ1n) is 7.65. The molecule has 3 aromatic carbocycles. The van der Waals surface area contributed by atoms with Gasteiger partial charge in [-0.1, -0.05) is 65.9 Å². The van der Waals surface area contributed by atoms with Gasteiger partial charge in [0.25, 0.3) is 0 Å². The molecule has 0 aliphatic rings. The van der Waals surface area contributed by atoms with E-state index < -0.39 is 5.97 Å². The van der Waals surface area contributed by atoms with Crippen LogP contribution in [0.5, 0.6) is 0 Å². The number of carboxylic acid groups (broad SMARTS) is 1. The van der Waals surface area contributed by atoms with E-state index in [0.29, 0.717) is 11.1 Å². The molecule has 0 amide bonds. The molecule has 0 aromatic heterocycles. The van der Waals surface area contributed by atoms with Crippen molar-refractivity contribution in [3.05, 3.63) is 95.1 Å². The minimum atomic E-state index is -0.950. The minimum Gasteiger partial charge on any atom is -0.478 e. The fourth-order valence-electron chi connectivity index (χ4n) is 2.53. The molecule has 0 radical (unpaired) electrons. The Morgan fingerprint density at radius 1 is 0.833 bits per heavy atom. The molecule has 0 fully saturated rings. The number of rotatable bonds is 2. The number of aromatic carboxylic acids is 1. The Bertz CT molecular complexity index is 927. The van der Waals surface area contributed by atoms with Gasteiger partial charge in [-0.2, -0.15) is 0 Å². The average molecular weight is 312 g/mol. The highest BCUT2D eigenvalue weighted by molar-refractivity contribution is 5.97. The highest BCUT2D eigenvalue weighted by Crippen LogP contribution is 2.28. The number of carbonyl (C=O) groups is 1. The van der Waals surface area contributed by atoms with Gasteiger partial charge in [-0.25, -0.2) is 4.79 Å². The van der Waals surface area contributed by atoms with Crippen molar-refractivity contribution < 1.29 is 9.90 Å². The third-order valence-electron chi connectivity index (χ3n) is 3.75. The van der Waals surface area contributed by atoms with Crippen LogP contribution in [0.4, 0.5) is 0 Å². The number of benzene rings is 3. The van der Waals surface area contributed by atoms with Crippen LogP contribution in [-0.4, -0.2) is 11.1 Å². The molecule has 0 heterocycles. The van der Waals surface area contributed by atoms with E-state index in [-0.39, 0.29) is 5.56 Å². The van der Waals surface area contributed by atoms with Crippen LogP contribution in [0.3, 0.4) is 0 Å². The summed E-state index contributed by atoms with van der Waals surface area (Å²) in [6, 6.07) is 22.7. The van der Waals surface area contributed by atoms with Gasteiger partial charge < -0.3 is 5.11 Å². The number of aryl methyl sites for hydroxylation is 1. The average Bonchev–Trinajstić information content (AvgIpc) is 2.61. The van der Waals surface area contributed by atoms with E-state index in [0.717, 1.165) is 16.7 Å². The summed E-state index contributed by atoms with van der Waals surface area (Å²) in [5.74, 6) is 5.28. The predicted octanol–water partition coefficient (Wildman–Crippen LogP) is 4.76. The summed E-state index contributed by atoms with van der Waals surface area (Å²) < 4.78 is 0. The van der Waals surface area contributed by atoms with E-state index in [1.165, 1.54) is 0 Å². The lowest BCUT2D eigenvalue weighted by Gasteiger charge is -2.09. The molecule has 0 saturated carbocycles. The van der Waals surface area contributed by atoms with E-state index in [9.17, 15) is 9.90 Å². The first kappa shape index (κ1) is 15.6. The summed E-state index contributed by atoms with van der Waals surface area (Å²) in [6.07, 6.45) is 0. The lowest BCUT2D eigenvalue weighted by molar-refractivity contribution is 0.0697.